The van der Waals surface area contributed by atoms with Crippen LogP contribution in [0.25, 0.3) is 0 Å². The van der Waals surface area contributed by atoms with Gasteiger partial charge in [-0.15, -0.1) is 0 Å². The maximum atomic E-state index is 10.5. The number of aliphatic hydroxyl groups is 1. The van der Waals surface area contributed by atoms with Crippen molar-refractivity contribution in [2.24, 2.45) is 16.7 Å². The maximum absolute atomic E-state index is 10.5. The van der Waals surface area contributed by atoms with Gasteiger partial charge in [0, 0.05) is 75.8 Å². The Balaban J connectivity index is 1.10. The van der Waals surface area contributed by atoms with E-state index in [-0.39, 0.29) is 6.61 Å². The van der Waals surface area contributed by atoms with Crippen molar-refractivity contribution in [1.82, 2.24) is 35.1 Å². The molecule has 2 saturated heterocycles. The molecule has 1 aromatic carbocycles. The second kappa shape index (κ2) is 12.8. The van der Waals surface area contributed by atoms with Gasteiger partial charge >= 0.3 is 0 Å². The molecule has 8 heteroatoms. The van der Waals surface area contributed by atoms with Crippen LogP contribution in [0.4, 0.5) is 0 Å². The minimum absolute atomic E-state index is 0.0490. The highest BCUT2D eigenvalue weighted by Gasteiger charge is 2.40. The lowest BCUT2D eigenvalue weighted by Gasteiger charge is -2.40. The third-order valence-corrected chi connectivity index (χ3v) is 8.85. The van der Waals surface area contributed by atoms with Gasteiger partial charge in [0.1, 0.15) is 11.6 Å². The zero-order valence-electron chi connectivity index (χ0n) is 23.8. The third-order valence-electron chi connectivity index (χ3n) is 8.85. The lowest BCUT2D eigenvalue weighted by molar-refractivity contribution is 0.0984. The van der Waals surface area contributed by atoms with Crippen LogP contribution in [0.5, 0.6) is 0 Å². The molecule has 2 fully saturated rings. The van der Waals surface area contributed by atoms with E-state index in [1.54, 1.807) is 12.4 Å². The molecular weight excluding hydrogens is 486 g/mol. The molecule has 5 rings (SSSR count). The van der Waals surface area contributed by atoms with E-state index in [9.17, 15) is 5.11 Å². The first-order valence-electron chi connectivity index (χ1n) is 14.8. The summed E-state index contributed by atoms with van der Waals surface area (Å²) in [6.07, 6.45) is 12.6. The molecule has 2 aliphatic rings. The Bertz CT molecular complexity index is 1070. The summed E-state index contributed by atoms with van der Waals surface area (Å²) in [6, 6.07) is 9.08. The summed E-state index contributed by atoms with van der Waals surface area (Å²) in [6.45, 7) is 13.4. The predicted molar refractivity (Wildman–Crippen MR) is 155 cm³/mol. The van der Waals surface area contributed by atoms with Crippen LogP contribution < -0.4 is 5.32 Å². The van der Waals surface area contributed by atoms with Crippen LogP contribution in [-0.2, 0) is 25.9 Å². The van der Waals surface area contributed by atoms with Crippen LogP contribution in [0.1, 0.15) is 55.9 Å². The number of hydrogen-bond acceptors (Lipinski definition) is 6. The second-order valence-electron chi connectivity index (χ2n) is 12.7. The molecule has 39 heavy (non-hydrogen) atoms. The first-order chi connectivity index (χ1) is 18.9. The number of likely N-dealkylation sites (tertiary alicyclic amines) is 2. The van der Waals surface area contributed by atoms with E-state index >= 15 is 0 Å². The molecule has 4 heterocycles. The van der Waals surface area contributed by atoms with Crippen molar-refractivity contribution in [2.45, 2.75) is 59.0 Å². The van der Waals surface area contributed by atoms with E-state index in [1.165, 1.54) is 63.1 Å². The molecule has 1 spiro atoms. The van der Waals surface area contributed by atoms with Crippen molar-refractivity contribution in [3.63, 3.8) is 0 Å². The van der Waals surface area contributed by atoms with Gasteiger partial charge in [0.25, 0.3) is 0 Å². The summed E-state index contributed by atoms with van der Waals surface area (Å²) in [5, 5.41) is 14.1. The predicted octanol–water partition coefficient (Wildman–Crippen LogP) is 3.63. The number of piperidine rings is 1. The molecule has 0 saturated carbocycles. The second-order valence-corrected chi connectivity index (χ2v) is 12.7. The highest BCUT2D eigenvalue weighted by Crippen LogP contribution is 2.41. The quantitative estimate of drug-likeness (QED) is 0.268. The standard InChI is InChI=1S/C31H47N7O/c1-25(2)20-37-14-7-30(8-15-37)9-16-38(23-30)21-27-5-3-26(4-6-27)19-32-22-31(24-39,17-28-33-10-11-34-28)18-29-35-12-13-36-29/h3-6,10-13,25,32,39H,7-9,14-24H2,1-2H3,(H,33,34)(H,35,36). The maximum Gasteiger partial charge on any atom is 0.106 e. The van der Waals surface area contributed by atoms with Gasteiger partial charge in [-0.05, 0) is 61.4 Å². The van der Waals surface area contributed by atoms with Gasteiger partial charge in [0.2, 0.25) is 0 Å². The van der Waals surface area contributed by atoms with Gasteiger partial charge in [-0.25, -0.2) is 9.97 Å². The Morgan fingerprint density at radius 2 is 1.51 bits per heavy atom. The molecule has 0 radical (unpaired) electrons. The van der Waals surface area contributed by atoms with Crippen LogP contribution in [0.2, 0.25) is 0 Å². The van der Waals surface area contributed by atoms with Crippen molar-refractivity contribution in [1.29, 1.82) is 0 Å². The number of hydrogen-bond donors (Lipinski definition) is 4. The molecule has 0 amide bonds. The smallest absolute Gasteiger partial charge is 0.106 e. The summed E-state index contributed by atoms with van der Waals surface area (Å²) >= 11 is 0. The van der Waals surface area contributed by atoms with Gasteiger partial charge in [-0.1, -0.05) is 38.1 Å². The average Bonchev–Trinajstić information content (AvgIpc) is 3.70. The monoisotopic (exact) mass is 533 g/mol. The topological polar surface area (TPSA) is 96.1 Å². The van der Waals surface area contributed by atoms with Crippen molar-refractivity contribution >= 4 is 0 Å². The van der Waals surface area contributed by atoms with Crippen LogP contribution in [0, 0.1) is 16.7 Å². The van der Waals surface area contributed by atoms with E-state index in [0.29, 0.717) is 24.8 Å². The van der Waals surface area contributed by atoms with Crippen LogP contribution in [0.3, 0.4) is 0 Å². The fourth-order valence-electron chi connectivity index (χ4n) is 6.64. The minimum Gasteiger partial charge on any atom is -0.396 e. The number of aromatic nitrogens is 4. The molecule has 0 unspecified atom stereocenters. The number of nitrogens with one attached hydrogen (secondary N) is 3. The van der Waals surface area contributed by atoms with Gasteiger partial charge in [0.05, 0.1) is 6.61 Å². The van der Waals surface area contributed by atoms with E-state index < -0.39 is 5.41 Å². The van der Waals surface area contributed by atoms with Gasteiger partial charge in [-0.2, -0.15) is 0 Å². The number of H-pyrrole nitrogens is 2. The Labute approximate surface area is 233 Å². The summed E-state index contributed by atoms with van der Waals surface area (Å²) < 4.78 is 0. The molecule has 8 nitrogen and oxygen atoms in total. The normalized spacial score (nSPS) is 18.5. The number of aliphatic hydroxyl groups excluding tert-OH is 1. The Kier molecular flexibility index (Phi) is 9.17. The highest BCUT2D eigenvalue weighted by molar-refractivity contribution is 5.23. The molecule has 4 N–H and O–H groups in total. The molecule has 0 atom stereocenters. The summed E-state index contributed by atoms with van der Waals surface area (Å²) in [5.74, 6) is 2.52. The van der Waals surface area contributed by atoms with Crippen LogP contribution >= 0.6 is 0 Å². The zero-order chi connectivity index (χ0) is 27.1. The lowest BCUT2D eigenvalue weighted by atomic mass is 9.77. The minimum atomic E-state index is -0.397. The summed E-state index contributed by atoms with van der Waals surface area (Å²) in [4.78, 5) is 20.5. The molecular formula is C31H47N7O. The van der Waals surface area contributed by atoms with E-state index in [0.717, 1.165) is 30.7 Å². The molecule has 0 bridgehead atoms. The van der Waals surface area contributed by atoms with Crippen LogP contribution in [0.15, 0.2) is 49.1 Å². The summed E-state index contributed by atoms with van der Waals surface area (Å²) in [7, 11) is 0. The number of aromatic amines is 2. The van der Waals surface area contributed by atoms with Crippen LogP contribution in [-0.4, -0.2) is 80.7 Å². The van der Waals surface area contributed by atoms with Crippen molar-refractivity contribution in [2.75, 3.05) is 45.9 Å². The van der Waals surface area contributed by atoms with E-state index in [1.807, 2.05) is 12.4 Å². The number of nitrogens with zero attached hydrogens (tertiary/aromatic N) is 4. The third kappa shape index (κ3) is 7.57. The molecule has 2 aliphatic heterocycles. The number of rotatable bonds is 13. The van der Waals surface area contributed by atoms with E-state index in [2.05, 4.69) is 73.2 Å². The van der Waals surface area contributed by atoms with Crippen molar-refractivity contribution in [3.05, 3.63) is 71.8 Å². The Hall–Kier alpha value is -2.52. The SMILES string of the molecule is CC(C)CN1CCC2(CC1)CCN(Cc1ccc(CNCC(CO)(Cc3ncc[nH]3)Cc3ncc[nH]3)cc1)C2. The first-order valence-corrected chi connectivity index (χ1v) is 14.8. The largest absolute Gasteiger partial charge is 0.396 e. The highest BCUT2D eigenvalue weighted by atomic mass is 16.3. The first kappa shape index (κ1) is 28.0. The Morgan fingerprint density at radius 3 is 2.05 bits per heavy atom. The summed E-state index contributed by atoms with van der Waals surface area (Å²) in [5.41, 5.74) is 2.80. The molecule has 0 aliphatic carbocycles. The molecule has 2 aromatic heterocycles. The van der Waals surface area contributed by atoms with Gasteiger partial charge in [0.15, 0.2) is 0 Å². The zero-order valence-corrected chi connectivity index (χ0v) is 23.8. The lowest BCUT2D eigenvalue weighted by Crippen LogP contribution is -2.42. The average molecular weight is 534 g/mol. The van der Waals surface area contributed by atoms with E-state index in [4.69, 9.17) is 0 Å². The fraction of sp³-hybridized carbons (Fsp3) is 0.613. The fourth-order valence-corrected chi connectivity index (χ4v) is 6.64. The van der Waals surface area contributed by atoms with Crippen molar-refractivity contribution < 1.29 is 5.11 Å². The number of benzene rings is 1. The van der Waals surface area contributed by atoms with Crippen molar-refractivity contribution in [3.8, 4) is 0 Å². The molecule has 3 aromatic rings. The van der Waals surface area contributed by atoms with Gasteiger partial charge in [-0.3, -0.25) is 4.90 Å². The number of imidazole rings is 2. The molecule has 212 valence electrons. The van der Waals surface area contributed by atoms with Gasteiger partial charge < -0.3 is 25.3 Å². The Morgan fingerprint density at radius 1 is 0.923 bits per heavy atom.